The molecule has 0 saturated carbocycles. The molecule has 1 N–H and O–H groups in total. The first kappa shape index (κ1) is 13.5. The third-order valence-corrected chi connectivity index (χ3v) is 2.19. The lowest BCUT2D eigenvalue weighted by Crippen LogP contribution is -2.19. The molecule has 0 bridgehead atoms. The molecule has 17 heavy (non-hydrogen) atoms. The number of rotatable bonds is 4. The largest absolute Gasteiger partial charge is 0.496 e. The quantitative estimate of drug-likeness (QED) is 0.876. The molecular weight excluding hydrogens is 220 g/mol. The summed E-state index contributed by atoms with van der Waals surface area (Å²) in [6, 6.07) is 4.74. The normalized spacial score (nSPS) is 11.3. The third-order valence-electron chi connectivity index (χ3n) is 2.19. The number of carboxylic acids is 1. The maximum absolute atomic E-state index is 10.9. The van der Waals surface area contributed by atoms with Gasteiger partial charge in [-0.3, -0.25) is 0 Å². The minimum Gasteiger partial charge on any atom is -0.496 e. The van der Waals surface area contributed by atoms with E-state index in [0.717, 1.165) is 5.56 Å². The highest BCUT2D eigenvalue weighted by atomic mass is 16.5. The zero-order chi connectivity index (χ0) is 13.1. The molecule has 4 nitrogen and oxygen atoms in total. The van der Waals surface area contributed by atoms with Crippen LogP contribution in [0.25, 0.3) is 0 Å². The summed E-state index contributed by atoms with van der Waals surface area (Å²) in [4.78, 5) is 10.9. The molecule has 1 aromatic rings. The summed E-state index contributed by atoms with van der Waals surface area (Å²) in [6.45, 7) is 6.16. The summed E-state index contributed by atoms with van der Waals surface area (Å²) in [6.07, 6.45) is 0. The van der Waals surface area contributed by atoms with Gasteiger partial charge in [-0.05, 0) is 39.0 Å². The lowest BCUT2D eigenvalue weighted by atomic mass is 10.1. The van der Waals surface area contributed by atoms with Crippen molar-refractivity contribution in [1.29, 1.82) is 0 Å². The predicted octanol–water partition coefficient (Wildman–Crippen LogP) is 2.71. The van der Waals surface area contributed by atoms with Crippen LogP contribution in [0.15, 0.2) is 18.2 Å². The molecule has 0 aliphatic rings. The van der Waals surface area contributed by atoms with Crippen LogP contribution in [0.3, 0.4) is 0 Å². The second kappa shape index (κ2) is 5.19. The monoisotopic (exact) mass is 238 g/mol. The van der Waals surface area contributed by atoms with Crippen LogP contribution in [-0.4, -0.2) is 23.8 Å². The van der Waals surface area contributed by atoms with Crippen molar-refractivity contribution in [2.24, 2.45) is 0 Å². The van der Waals surface area contributed by atoms with Crippen molar-refractivity contribution < 1.29 is 19.4 Å². The average molecular weight is 238 g/mol. The Morgan fingerprint density at radius 2 is 2.00 bits per heavy atom. The molecule has 0 amide bonds. The van der Waals surface area contributed by atoms with Gasteiger partial charge in [0.25, 0.3) is 0 Å². The van der Waals surface area contributed by atoms with Crippen LogP contribution in [0.1, 0.15) is 36.7 Å². The number of methoxy groups -OCH3 is 1. The summed E-state index contributed by atoms with van der Waals surface area (Å²) in [5.41, 5.74) is 0.699. The van der Waals surface area contributed by atoms with Crippen molar-refractivity contribution in [3.63, 3.8) is 0 Å². The molecule has 0 fully saturated rings. The van der Waals surface area contributed by atoms with Crippen molar-refractivity contribution in [3.8, 4) is 5.75 Å². The number of hydrogen-bond donors (Lipinski definition) is 1. The molecule has 1 aromatic carbocycles. The van der Waals surface area contributed by atoms with Gasteiger partial charge in [-0.1, -0.05) is 0 Å². The molecular formula is C13H18O4. The Morgan fingerprint density at radius 1 is 1.35 bits per heavy atom. The van der Waals surface area contributed by atoms with Gasteiger partial charge in [0.05, 0.1) is 24.9 Å². The standard InChI is InChI=1S/C13H18O4/c1-13(2,3)17-8-10-7-9(12(14)15)5-6-11(10)16-4/h5-7H,8H2,1-4H3,(H,14,15). The van der Waals surface area contributed by atoms with Crippen LogP contribution in [0, 0.1) is 0 Å². The Labute approximate surface area is 101 Å². The van der Waals surface area contributed by atoms with Crippen molar-refractivity contribution in [1.82, 2.24) is 0 Å². The highest BCUT2D eigenvalue weighted by Crippen LogP contribution is 2.23. The van der Waals surface area contributed by atoms with E-state index in [1.807, 2.05) is 20.8 Å². The minimum absolute atomic E-state index is 0.235. The fraction of sp³-hybridized carbons (Fsp3) is 0.462. The Hall–Kier alpha value is -1.55. The van der Waals surface area contributed by atoms with Crippen LogP contribution in [-0.2, 0) is 11.3 Å². The summed E-state index contributed by atoms with van der Waals surface area (Å²) in [5.74, 6) is -0.316. The first-order chi connectivity index (χ1) is 7.83. The molecule has 94 valence electrons. The lowest BCUT2D eigenvalue weighted by molar-refractivity contribution is -0.0156. The lowest BCUT2D eigenvalue weighted by Gasteiger charge is -2.20. The van der Waals surface area contributed by atoms with Crippen LogP contribution in [0.4, 0.5) is 0 Å². The molecule has 0 spiro atoms. The van der Waals surface area contributed by atoms with Gasteiger partial charge >= 0.3 is 5.97 Å². The highest BCUT2D eigenvalue weighted by Gasteiger charge is 2.14. The Morgan fingerprint density at radius 3 is 2.47 bits per heavy atom. The molecule has 0 aliphatic heterocycles. The Kier molecular flexibility index (Phi) is 4.12. The van der Waals surface area contributed by atoms with Crippen molar-refractivity contribution in [3.05, 3.63) is 29.3 Å². The first-order valence-corrected chi connectivity index (χ1v) is 5.37. The van der Waals surface area contributed by atoms with Crippen LogP contribution in [0.2, 0.25) is 0 Å². The van der Waals surface area contributed by atoms with Crippen LogP contribution in [0.5, 0.6) is 5.75 Å². The van der Waals surface area contributed by atoms with Crippen LogP contribution < -0.4 is 4.74 Å². The van der Waals surface area contributed by atoms with E-state index in [4.69, 9.17) is 14.6 Å². The van der Waals surface area contributed by atoms with Crippen molar-refractivity contribution in [2.45, 2.75) is 33.0 Å². The molecule has 4 heteroatoms. The van der Waals surface area contributed by atoms with E-state index in [1.54, 1.807) is 19.2 Å². The number of ether oxygens (including phenoxy) is 2. The van der Waals surface area contributed by atoms with Crippen LogP contribution >= 0.6 is 0 Å². The smallest absolute Gasteiger partial charge is 0.335 e. The second-order valence-corrected chi connectivity index (χ2v) is 4.73. The maximum Gasteiger partial charge on any atom is 0.335 e. The number of carboxylic acid groups (broad SMARTS) is 1. The second-order valence-electron chi connectivity index (χ2n) is 4.73. The summed E-state index contributed by atoms with van der Waals surface area (Å²) in [7, 11) is 1.55. The molecule has 0 aliphatic carbocycles. The fourth-order valence-corrected chi connectivity index (χ4v) is 1.32. The van der Waals surface area contributed by atoms with Gasteiger partial charge in [-0.2, -0.15) is 0 Å². The topological polar surface area (TPSA) is 55.8 Å². The van der Waals surface area contributed by atoms with Gasteiger partial charge in [0.1, 0.15) is 5.75 Å². The third kappa shape index (κ3) is 4.07. The van der Waals surface area contributed by atoms with Gasteiger partial charge in [-0.25, -0.2) is 4.79 Å². The Balaban J connectivity index is 2.94. The van der Waals surface area contributed by atoms with Crippen molar-refractivity contribution in [2.75, 3.05) is 7.11 Å². The molecule has 0 heterocycles. The van der Waals surface area contributed by atoms with Gasteiger partial charge in [0, 0.05) is 5.56 Å². The highest BCUT2D eigenvalue weighted by molar-refractivity contribution is 5.88. The zero-order valence-corrected chi connectivity index (χ0v) is 10.6. The average Bonchev–Trinajstić information content (AvgIpc) is 2.24. The summed E-state index contributed by atoms with van der Waals surface area (Å²) in [5, 5.41) is 8.92. The molecule has 0 aromatic heterocycles. The van der Waals surface area contributed by atoms with E-state index in [-0.39, 0.29) is 11.2 Å². The van der Waals surface area contributed by atoms with Gasteiger partial charge in [0.15, 0.2) is 0 Å². The SMILES string of the molecule is COc1ccc(C(=O)O)cc1COC(C)(C)C. The minimum atomic E-state index is -0.954. The van der Waals surface area contributed by atoms with Crippen molar-refractivity contribution >= 4 is 5.97 Å². The van der Waals surface area contributed by atoms with Gasteiger partial charge in [-0.15, -0.1) is 0 Å². The summed E-state index contributed by atoms with van der Waals surface area (Å²) >= 11 is 0. The Bertz CT molecular complexity index is 404. The number of benzene rings is 1. The first-order valence-electron chi connectivity index (χ1n) is 5.37. The molecule has 0 unspecified atom stereocenters. The number of aromatic carboxylic acids is 1. The van der Waals surface area contributed by atoms with E-state index in [1.165, 1.54) is 6.07 Å². The van der Waals surface area contributed by atoms with E-state index < -0.39 is 5.97 Å². The fourth-order valence-electron chi connectivity index (χ4n) is 1.32. The number of hydrogen-bond acceptors (Lipinski definition) is 3. The van der Waals surface area contributed by atoms with E-state index in [9.17, 15) is 4.79 Å². The van der Waals surface area contributed by atoms with E-state index >= 15 is 0 Å². The zero-order valence-electron chi connectivity index (χ0n) is 10.6. The predicted molar refractivity (Wildman–Crippen MR) is 64.5 cm³/mol. The van der Waals surface area contributed by atoms with E-state index in [0.29, 0.717) is 12.4 Å². The number of carbonyl (C=O) groups is 1. The molecule has 0 atom stereocenters. The van der Waals surface area contributed by atoms with Gasteiger partial charge in [0.2, 0.25) is 0 Å². The molecule has 1 rings (SSSR count). The van der Waals surface area contributed by atoms with Gasteiger partial charge < -0.3 is 14.6 Å². The maximum atomic E-state index is 10.9. The summed E-state index contributed by atoms with van der Waals surface area (Å²) < 4.78 is 10.8. The molecule has 0 saturated heterocycles. The molecule has 0 radical (unpaired) electrons. The van der Waals surface area contributed by atoms with E-state index in [2.05, 4.69) is 0 Å².